The van der Waals surface area contributed by atoms with Gasteiger partial charge < -0.3 is 19.1 Å². The number of carbonyl (C=O) groups excluding carboxylic acids is 1. The number of hydrogen-bond acceptors (Lipinski definition) is 5. The summed E-state index contributed by atoms with van der Waals surface area (Å²) in [6, 6.07) is 16.2. The van der Waals surface area contributed by atoms with Gasteiger partial charge in [-0.1, -0.05) is 18.2 Å². The van der Waals surface area contributed by atoms with Crippen LogP contribution in [0.2, 0.25) is 0 Å². The third kappa shape index (κ3) is 4.21. The zero-order valence-electron chi connectivity index (χ0n) is 13.8. The molecule has 1 aliphatic heterocycles. The van der Waals surface area contributed by atoms with Crippen molar-refractivity contribution in [2.24, 2.45) is 0 Å². The van der Waals surface area contributed by atoms with Gasteiger partial charge in [0.25, 0.3) is 5.91 Å². The molecular weight excluding hydrogens is 320 g/mol. The van der Waals surface area contributed by atoms with E-state index in [9.17, 15) is 4.79 Å². The lowest BCUT2D eigenvalue weighted by Crippen LogP contribution is -2.43. The van der Waals surface area contributed by atoms with Crippen LogP contribution in [0.15, 0.2) is 48.5 Å². The molecule has 1 heterocycles. The number of ether oxygens (including phenoxy) is 3. The molecule has 0 N–H and O–H groups in total. The Hall–Kier alpha value is -3.20. The minimum atomic E-state index is -0.231. The summed E-state index contributed by atoms with van der Waals surface area (Å²) in [7, 11) is 1.70. The predicted molar refractivity (Wildman–Crippen MR) is 90.6 cm³/mol. The first kappa shape index (κ1) is 16.7. The number of carbonyl (C=O) groups is 1. The van der Waals surface area contributed by atoms with Crippen molar-refractivity contribution in [3.8, 4) is 23.3 Å². The Morgan fingerprint density at radius 3 is 2.88 bits per heavy atom. The number of amides is 1. The summed E-state index contributed by atoms with van der Waals surface area (Å²) < 4.78 is 17.0. The molecular formula is C19H18N2O4. The van der Waals surface area contributed by atoms with Gasteiger partial charge in [-0.2, -0.15) is 5.26 Å². The van der Waals surface area contributed by atoms with Crippen LogP contribution in [0, 0.1) is 11.3 Å². The van der Waals surface area contributed by atoms with Gasteiger partial charge in [-0.15, -0.1) is 0 Å². The summed E-state index contributed by atoms with van der Waals surface area (Å²) in [5, 5.41) is 8.87. The molecule has 2 aromatic rings. The van der Waals surface area contributed by atoms with Gasteiger partial charge in [0, 0.05) is 7.05 Å². The van der Waals surface area contributed by atoms with Gasteiger partial charge in [0.15, 0.2) is 24.2 Å². The smallest absolute Gasteiger partial charge is 0.260 e. The van der Waals surface area contributed by atoms with Gasteiger partial charge in [-0.3, -0.25) is 4.79 Å². The predicted octanol–water partition coefficient (Wildman–Crippen LogP) is 2.24. The molecule has 0 spiro atoms. The molecule has 1 amide bonds. The molecule has 25 heavy (non-hydrogen) atoms. The maximum absolute atomic E-state index is 12.2. The van der Waals surface area contributed by atoms with Gasteiger partial charge in [0.05, 0.1) is 18.2 Å². The summed E-state index contributed by atoms with van der Waals surface area (Å²) in [6.45, 7) is 0.685. The van der Waals surface area contributed by atoms with Crippen molar-refractivity contribution in [2.45, 2.75) is 6.10 Å². The van der Waals surface area contributed by atoms with Crippen LogP contribution in [0.4, 0.5) is 0 Å². The molecule has 128 valence electrons. The van der Waals surface area contributed by atoms with E-state index in [1.54, 1.807) is 36.2 Å². The number of rotatable bonds is 5. The highest BCUT2D eigenvalue weighted by Crippen LogP contribution is 2.30. The van der Waals surface area contributed by atoms with Crippen LogP contribution in [0.1, 0.15) is 5.56 Å². The highest BCUT2D eigenvalue weighted by atomic mass is 16.6. The second kappa shape index (κ2) is 7.58. The largest absolute Gasteiger partial charge is 0.486 e. The van der Waals surface area contributed by atoms with E-state index in [4.69, 9.17) is 19.5 Å². The average molecular weight is 338 g/mol. The minimum absolute atomic E-state index is 0.102. The van der Waals surface area contributed by atoms with Gasteiger partial charge in [0.1, 0.15) is 12.4 Å². The van der Waals surface area contributed by atoms with E-state index in [1.165, 1.54) is 0 Å². The Balaban J connectivity index is 1.50. The van der Waals surface area contributed by atoms with Gasteiger partial charge >= 0.3 is 0 Å². The van der Waals surface area contributed by atoms with Crippen molar-refractivity contribution in [3.05, 3.63) is 54.1 Å². The van der Waals surface area contributed by atoms with E-state index in [0.29, 0.717) is 36.0 Å². The topological polar surface area (TPSA) is 71.8 Å². The number of fused-ring (bicyclic) bond motifs is 1. The standard InChI is InChI=1S/C19H18N2O4/c1-21(11-16-12-24-17-7-2-3-8-18(17)25-16)19(22)13-23-15-6-4-5-14(9-15)10-20/h2-9,16H,11-13H2,1H3/t16-/m0/s1. The van der Waals surface area contributed by atoms with Gasteiger partial charge in [-0.05, 0) is 30.3 Å². The van der Waals surface area contributed by atoms with Crippen molar-refractivity contribution in [1.82, 2.24) is 4.90 Å². The molecule has 0 radical (unpaired) electrons. The zero-order valence-corrected chi connectivity index (χ0v) is 13.8. The molecule has 6 heteroatoms. The van der Waals surface area contributed by atoms with Gasteiger partial charge in [0.2, 0.25) is 0 Å². The van der Waals surface area contributed by atoms with Crippen LogP contribution in [-0.2, 0) is 4.79 Å². The molecule has 3 rings (SSSR count). The number of benzene rings is 2. The lowest BCUT2D eigenvalue weighted by Gasteiger charge is -2.29. The maximum Gasteiger partial charge on any atom is 0.260 e. The molecule has 1 aliphatic rings. The fourth-order valence-corrected chi connectivity index (χ4v) is 2.47. The molecule has 2 aromatic carbocycles. The molecule has 1 atom stereocenters. The Morgan fingerprint density at radius 1 is 1.28 bits per heavy atom. The van der Waals surface area contributed by atoms with Crippen LogP contribution >= 0.6 is 0 Å². The first-order valence-corrected chi connectivity index (χ1v) is 7.91. The Morgan fingerprint density at radius 2 is 2.08 bits per heavy atom. The Kier molecular flexibility index (Phi) is 5.05. The van der Waals surface area contributed by atoms with E-state index < -0.39 is 0 Å². The van der Waals surface area contributed by atoms with Crippen molar-refractivity contribution in [2.75, 3.05) is 26.8 Å². The number of nitriles is 1. The Bertz CT molecular complexity index is 800. The van der Waals surface area contributed by atoms with Crippen molar-refractivity contribution in [3.63, 3.8) is 0 Å². The summed E-state index contributed by atoms with van der Waals surface area (Å²) in [5.41, 5.74) is 0.490. The number of likely N-dealkylation sites (N-methyl/N-ethyl adjacent to an activating group) is 1. The van der Waals surface area contributed by atoms with Crippen molar-refractivity contribution in [1.29, 1.82) is 5.26 Å². The monoisotopic (exact) mass is 338 g/mol. The average Bonchev–Trinajstić information content (AvgIpc) is 2.66. The summed E-state index contributed by atoms with van der Waals surface area (Å²) in [4.78, 5) is 13.8. The number of para-hydroxylation sites is 2. The molecule has 0 bridgehead atoms. The van der Waals surface area contributed by atoms with E-state index in [-0.39, 0.29) is 18.6 Å². The fraction of sp³-hybridized carbons (Fsp3) is 0.263. The quantitative estimate of drug-likeness (QED) is 0.836. The third-order valence-electron chi connectivity index (χ3n) is 3.80. The minimum Gasteiger partial charge on any atom is -0.486 e. The zero-order chi connectivity index (χ0) is 17.6. The third-order valence-corrected chi connectivity index (χ3v) is 3.80. The molecule has 0 unspecified atom stereocenters. The van der Waals surface area contributed by atoms with Gasteiger partial charge in [-0.25, -0.2) is 0 Å². The first-order chi connectivity index (χ1) is 12.2. The van der Waals surface area contributed by atoms with Crippen LogP contribution < -0.4 is 14.2 Å². The molecule has 6 nitrogen and oxygen atoms in total. The number of nitrogens with zero attached hydrogens (tertiary/aromatic N) is 2. The maximum atomic E-state index is 12.2. The molecule has 0 aromatic heterocycles. The van der Waals surface area contributed by atoms with Crippen molar-refractivity contribution < 1.29 is 19.0 Å². The highest BCUT2D eigenvalue weighted by molar-refractivity contribution is 5.77. The lowest BCUT2D eigenvalue weighted by molar-refractivity contribution is -0.133. The summed E-state index contributed by atoms with van der Waals surface area (Å²) >= 11 is 0. The SMILES string of the molecule is CN(C[C@H]1COc2ccccc2O1)C(=O)COc1cccc(C#N)c1. The second-order valence-electron chi connectivity index (χ2n) is 5.70. The van der Waals surface area contributed by atoms with Crippen molar-refractivity contribution >= 4 is 5.91 Å². The van der Waals surface area contributed by atoms with E-state index in [0.717, 1.165) is 0 Å². The molecule has 0 aliphatic carbocycles. The highest BCUT2D eigenvalue weighted by Gasteiger charge is 2.23. The number of hydrogen-bond donors (Lipinski definition) is 0. The van der Waals surface area contributed by atoms with E-state index in [1.807, 2.05) is 30.3 Å². The van der Waals surface area contributed by atoms with Crippen LogP contribution in [0.5, 0.6) is 17.2 Å². The second-order valence-corrected chi connectivity index (χ2v) is 5.70. The molecule has 0 fully saturated rings. The van der Waals surface area contributed by atoms with E-state index >= 15 is 0 Å². The molecule has 0 saturated carbocycles. The fourth-order valence-electron chi connectivity index (χ4n) is 2.47. The summed E-state index contributed by atoms with van der Waals surface area (Å²) in [6.07, 6.45) is -0.231. The first-order valence-electron chi connectivity index (χ1n) is 7.91. The Labute approximate surface area is 146 Å². The normalized spacial score (nSPS) is 15.1. The van der Waals surface area contributed by atoms with Crippen LogP contribution in [0.25, 0.3) is 0 Å². The van der Waals surface area contributed by atoms with Crippen LogP contribution in [-0.4, -0.2) is 43.7 Å². The van der Waals surface area contributed by atoms with Crippen LogP contribution in [0.3, 0.4) is 0 Å². The lowest BCUT2D eigenvalue weighted by atomic mass is 10.2. The molecule has 0 saturated heterocycles. The summed E-state index contributed by atoms with van der Waals surface area (Å²) in [5.74, 6) is 1.72. The van der Waals surface area contributed by atoms with E-state index in [2.05, 4.69) is 0 Å².